The third-order valence-corrected chi connectivity index (χ3v) is 11.4. The van der Waals surface area contributed by atoms with Gasteiger partial charge in [0.2, 0.25) is 0 Å². The molecule has 0 unspecified atom stereocenters. The summed E-state index contributed by atoms with van der Waals surface area (Å²) in [5.74, 6) is 1.86. The molecule has 0 saturated carbocycles. The average molecular weight is 779 g/mol. The van der Waals surface area contributed by atoms with Gasteiger partial charge in [0.1, 0.15) is 0 Å². The molecule has 0 spiro atoms. The molecule has 0 aliphatic carbocycles. The Morgan fingerprint density at radius 3 is 1.08 bits per heavy atom. The van der Waals surface area contributed by atoms with Crippen molar-refractivity contribution in [1.29, 1.82) is 0 Å². The first-order chi connectivity index (χ1) is 30.3. The molecule has 0 radical (unpaired) electrons. The fourth-order valence-electron chi connectivity index (χ4n) is 8.84. The highest BCUT2D eigenvalue weighted by atomic mass is 15.0. The lowest BCUT2D eigenvalue weighted by Gasteiger charge is -2.24. The summed E-state index contributed by atoms with van der Waals surface area (Å²) in [6.45, 7) is 0. The van der Waals surface area contributed by atoms with Gasteiger partial charge in [-0.3, -0.25) is 0 Å². The molecular weight excluding hydrogens is 741 g/mol. The Balaban J connectivity index is 1.41. The zero-order chi connectivity index (χ0) is 40.5. The summed E-state index contributed by atoms with van der Waals surface area (Å²) in [6, 6.07) is 81.2. The van der Waals surface area contributed by atoms with Gasteiger partial charge >= 0.3 is 0 Å². The maximum absolute atomic E-state index is 5.34. The van der Waals surface area contributed by atoms with E-state index in [1.165, 1.54) is 5.56 Å². The van der Waals surface area contributed by atoms with Gasteiger partial charge in [-0.25, -0.2) is 15.0 Å². The first-order valence-electron chi connectivity index (χ1n) is 20.6. The largest absolute Gasteiger partial charge is 0.309 e. The molecule has 286 valence electrons. The number of benzene rings is 9. The van der Waals surface area contributed by atoms with Gasteiger partial charge < -0.3 is 4.57 Å². The SMILES string of the molecule is c1ccc(-c2nc(-c3ccccc3)nc(-c3cccc4c3c3c(-c5ccccc5)c(-c5ccccc5)c(-c5ccccc5)c(-c5ccccc5)c3n4-c3ccccc3)n2)cc1. The molecule has 0 atom stereocenters. The van der Waals surface area contributed by atoms with E-state index in [-0.39, 0.29) is 0 Å². The standard InChI is InChI=1S/C57H38N4/c1-8-23-39(24-9-1)48-49(40-25-10-2-11-26-40)51(42-29-14-4-15-30-42)54-53(50(48)41-27-12-3-13-28-41)52-46(37-22-38-47(52)61(54)45-35-20-7-21-36-45)57-59-55(43-31-16-5-17-32-43)58-56(60-57)44-33-18-6-19-34-44/h1-38H. The van der Waals surface area contributed by atoms with Gasteiger partial charge in [-0.05, 0) is 46.0 Å². The molecule has 2 aromatic heterocycles. The third kappa shape index (κ3) is 6.39. The zero-order valence-electron chi connectivity index (χ0n) is 33.2. The Morgan fingerprint density at radius 1 is 0.262 bits per heavy atom. The van der Waals surface area contributed by atoms with E-state index in [1.807, 2.05) is 36.4 Å². The Hall–Kier alpha value is -8.21. The number of hydrogen-bond acceptors (Lipinski definition) is 3. The van der Waals surface area contributed by atoms with Crippen molar-refractivity contribution in [1.82, 2.24) is 19.5 Å². The van der Waals surface area contributed by atoms with E-state index < -0.39 is 0 Å². The molecule has 11 aromatic rings. The summed E-state index contributed by atoms with van der Waals surface area (Å²) in [7, 11) is 0. The quantitative estimate of drug-likeness (QED) is 0.154. The lowest BCUT2D eigenvalue weighted by molar-refractivity contribution is 1.08. The van der Waals surface area contributed by atoms with Gasteiger partial charge in [0.15, 0.2) is 17.5 Å². The van der Waals surface area contributed by atoms with Crippen LogP contribution in [0.1, 0.15) is 0 Å². The van der Waals surface area contributed by atoms with Crippen LogP contribution in [0.3, 0.4) is 0 Å². The van der Waals surface area contributed by atoms with Crippen molar-refractivity contribution in [3.63, 3.8) is 0 Å². The van der Waals surface area contributed by atoms with E-state index in [4.69, 9.17) is 15.0 Å². The van der Waals surface area contributed by atoms with Crippen molar-refractivity contribution in [3.8, 4) is 84.4 Å². The Morgan fingerprint density at radius 2 is 0.623 bits per heavy atom. The number of hydrogen-bond donors (Lipinski definition) is 0. The molecule has 11 rings (SSSR count). The second-order valence-electron chi connectivity index (χ2n) is 15.1. The van der Waals surface area contributed by atoms with E-state index in [1.54, 1.807) is 0 Å². The topological polar surface area (TPSA) is 43.6 Å². The van der Waals surface area contributed by atoms with Gasteiger partial charge in [-0.1, -0.05) is 212 Å². The number of rotatable bonds is 8. The maximum atomic E-state index is 5.34. The van der Waals surface area contributed by atoms with E-state index in [0.29, 0.717) is 17.5 Å². The molecule has 2 heterocycles. The van der Waals surface area contributed by atoms with Crippen molar-refractivity contribution in [3.05, 3.63) is 231 Å². The highest BCUT2D eigenvalue weighted by molar-refractivity contribution is 6.28. The molecule has 0 aliphatic rings. The molecule has 61 heavy (non-hydrogen) atoms. The average Bonchev–Trinajstić information content (AvgIpc) is 3.70. The van der Waals surface area contributed by atoms with Crippen LogP contribution in [0, 0.1) is 0 Å². The van der Waals surface area contributed by atoms with Crippen LogP contribution in [0.25, 0.3) is 106 Å². The molecule has 0 saturated heterocycles. The first kappa shape index (κ1) is 35.9. The van der Waals surface area contributed by atoms with Crippen LogP contribution in [0.4, 0.5) is 0 Å². The number of nitrogens with zero attached hydrogens (tertiary/aromatic N) is 4. The van der Waals surface area contributed by atoms with Crippen molar-refractivity contribution in [2.45, 2.75) is 0 Å². The van der Waals surface area contributed by atoms with Crippen molar-refractivity contribution >= 4 is 21.8 Å². The summed E-state index contributed by atoms with van der Waals surface area (Å²) in [5, 5.41) is 2.19. The van der Waals surface area contributed by atoms with Crippen molar-refractivity contribution in [2.75, 3.05) is 0 Å². The summed E-state index contributed by atoms with van der Waals surface area (Å²) in [6.07, 6.45) is 0. The molecule has 0 amide bonds. The summed E-state index contributed by atoms with van der Waals surface area (Å²) in [5.41, 5.74) is 15.2. The highest BCUT2D eigenvalue weighted by Crippen LogP contribution is 2.55. The van der Waals surface area contributed by atoms with Crippen LogP contribution in [-0.2, 0) is 0 Å². The summed E-state index contributed by atoms with van der Waals surface area (Å²) < 4.78 is 2.46. The normalized spacial score (nSPS) is 11.3. The molecule has 0 N–H and O–H groups in total. The van der Waals surface area contributed by atoms with Crippen molar-refractivity contribution < 1.29 is 0 Å². The molecule has 0 fully saturated rings. The van der Waals surface area contributed by atoms with Gasteiger partial charge in [-0.2, -0.15) is 0 Å². The van der Waals surface area contributed by atoms with Gasteiger partial charge in [0, 0.05) is 49.8 Å². The summed E-state index contributed by atoms with van der Waals surface area (Å²) >= 11 is 0. The van der Waals surface area contributed by atoms with E-state index in [2.05, 4.69) is 199 Å². The fourth-order valence-corrected chi connectivity index (χ4v) is 8.84. The van der Waals surface area contributed by atoms with E-state index in [0.717, 1.165) is 83.1 Å². The lowest BCUT2D eigenvalue weighted by atomic mass is 9.80. The molecule has 0 bridgehead atoms. The van der Waals surface area contributed by atoms with E-state index >= 15 is 0 Å². The van der Waals surface area contributed by atoms with Crippen LogP contribution in [0.15, 0.2) is 231 Å². The minimum atomic E-state index is 0.610. The first-order valence-corrected chi connectivity index (χ1v) is 20.6. The second-order valence-corrected chi connectivity index (χ2v) is 15.1. The molecule has 0 aliphatic heterocycles. The van der Waals surface area contributed by atoms with Crippen LogP contribution < -0.4 is 0 Å². The number of para-hydroxylation sites is 1. The van der Waals surface area contributed by atoms with Gasteiger partial charge in [0.05, 0.1) is 11.0 Å². The predicted octanol–water partition coefficient (Wildman–Crippen LogP) is 14.6. The highest BCUT2D eigenvalue weighted by Gasteiger charge is 2.30. The maximum Gasteiger partial charge on any atom is 0.164 e. The van der Waals surface area contributed by atoms with Crippen LogP contribution in [0.2, 0.25) is 0 Å². The smallest absolute Gasteiger partial charge is 0.164 e. The molecular formula is C57H38N4. The van der Waals surface area contributed by atoms with Gasteiger partial charge in [-0.15, -0.1) is 0 Å². The predicted molar refractivity (Wildman–Crippen MR) is 252 cm³/mol. The number of aromatic nitrogens is 4. The zero-order valence-corrected chi connectivity index (χ0v) is 33.2. The molecule has 4 nitrogen and oxygen atoms in total. The minimum Gasteiger partial charge on any atom is -0.309 e. The monoisotopic (exact) mass is 778 g/mol. The molecule has 9 aromatic carbocycles. The third-order valence-electron chi connectivity index (χ3n) is 11.4. The minimum absolute atomic E-state index is 0.610. The van der Waals surface area contributed by atoms with Crippen LogP contribution >= 0.6 is 0 Å². The number of fused-ring (bicyclic) bond motifs is 3. The summed E-state index contributed by atoms with van der Waals surface area (Å²) in [4.78, 5) is 15.8. The Labute approximate surface area is 354 Å². The fraction of sp³-hybridized carbons (Fsp3) is 0. The van der Waals surface area contributed by atoms with Crippen LogP contribution in [-0.4, -0.2) is 19.5 Å². The van der Waals surface area contributed by atoms with Gasteiger partial charge in [0.25, 0.3) is 0 Å². The van der Waals surface area contributed by atoms with Crippen LogP contribution in [0.5, 0.6) is 0 Å². The molecule has 4 heteroatoms. The second kappa shape index (κ2) is 15.5. The Bertz CT molecular complexity index is 3240. The van der Waals surface area contributed by atoms with Crippen molar-refractivity contribution in [2.24, 2.45) is 0 Å². The Kier molecular flexibility index (Phi) is 9.14. The van der Waals surface area contributed by atoms with E-state index in [9.17, 15) is 0 Å². The lowest BCUT2D eigenvalue weighted by Crippen LogP contribution is -2.00.